The van der Waals surface area contributed by atoms with E-state index in [4.69, 9.17) is 12.2 Å². The number of thiocarbonyl (C=S) groups is 1. The molecule has 1 heterocycles. The molecule has 0 atom stereocenters. The normalized spacial score (nSPS) is 11.7. The second kappa shape index (κ2) is 11.4. The van der Waals surface area contributed by atoms with Crippen LogP contribution in [0.15, 0.2) is 78.2 Å². The van der Waals surface area contributed by atoms with Crippen LogP contribution >= 0.6 is 12.2 Å². The number of hydrogen-bond donors (Lipinski definition) is 2. The van der Waals surface area contributed by atoms with E-state index in [2.05, 4.69) is 30.7 Å². The molecule has 7 nitrogen and oxygen atoms in total. The highest BCUT2D eigenvalue weighted by molar-refractivity contribution is 7.80. The van der Waals surface area contributed by atoms with Crippen LogP contribution in [-0.2, 0) is 0 Å². The lowest BCUT2D eigenvalue weighted by Gasteiger charge is -2.14. The number of hydrazone groups is 1. The Bertz CT molecular complexity index is 1430. The van der Waals surface area contributed by atoms with Crippen molar-refractivity contribution in [2.75, 3.05) is 5.32 Å². The van der Waals surface area contributed by atoms with Gasteiger partial charge in [0, 0.05) is 11.3 Å². The molecule has 196 valence electrons. The van der Waals surface area contributed by atoms with Gasteiger partial charge in [0.25, 0.3) is 0 Å². The molecule has 0 fully saturated rings. The second-order valence-electron chi connectivity index (χ2n) is 8.39. The van der Waals surface area contributed by atoms with Crippen LogP contribution in [0.4, 0.5) is 23.2 Å². The molecular weight excluding hydrogens is 520 g/mol. The van der Waals surface area contributed by atoms with Gasteiger partial charge in [0.05, 0.1) is 11.9 Å². The molecule has 38 heavy (non-hydrogen) atoms. The fraction of sp³-hybridized carbons (Fsp3) is 0.154. The summed E-state index contributed by atoms with van der Waals surface area (Å²) in [6.45, 7) is 4.01. The third-order valence-electron chi connectivity index (χ3n) is 5.26. The quantitative estimate of drug-likeness (QED) is 0.122. The van der Waals surface area contributed by atoms with Gasteiger partial charge in [-0.15, -0.1) is 18.3 Å². The molecule has 4 aromatic rings. The summed E-state index contributed by atoms with van der Waals surface area (Å²) in [6.07, 6.45) is -1.72. The highest BCUT2D eigenvalue weighted by Crippen LogP contribution is 2.26. The molecule has 0 spiro atoms. The maximum absolute atomic E-state index is 13.7. The van der Waals surface area contributed by atoms with Gasteiger partial charge < -0.3 is 10.1 Å². The fourth-order valence-electron chi connectivity index (χ4n) is 3.49. The molecule has 2 N–H and O–H groups in total. The molecule has 3 aromatic carbocycles. The summed E-state index contributed by atoms with van der Waals surface area (Å²) < 4.78 is 56.0. The lowest BCUT2D eigenvalue weighted by atomic mass is 10.0. The maximum Gasteiger partial charge on any atom is 0.573 e. The van der Waals surface area contributed by atoms with E-state index in [0.29, 0.717) is 17.2 Å². The van der Waals surface area contributed by atoms with Crippen LogP contribution in [0.3, 0.4) is 0 Å². The van der Waals surface area contributed by atoms with Gasteiger partial charge in [-0.25, -0.2) is 14.1 Å². The number of aromatic nitrogens is 3. The maximum atomic E-state index is 13.7. The van der Waals surface area contributed by atoms with Crippen LogP contribution in [0.25, 0.3) is 17.1 Å². The van der Waals surface area contributed by atoms with Crippen molar-refractivity contribution < 1.29 is 22.3 Å². The van der Waals surface area contributed by atoms with E-state index in [9.17, 15) is 17.6 Å². The molecule has 0 aliphatic rings. The van der Waals surface area contributed by atoms with E-state index >= 15 is 0 Å². The Balaban J connectivity index is 1.35. The van der Waals surface area contributed by atoms with Gasteiger partial charge >= 0.3 is 6.36 Å². The van der Waals surface area contributed by atoms with Crippen molar-refractivity contribution in [2.24, 2.45) is 5.10 Å². The van der Waals surface area contributed by atoms with Crippen molar-refractivity contribution in [1.82, 2.24) is 20.2 Å². The molecule has 0 bridgehead atoms. The van der Waals surface area contributed by atoms with Crippen molar-refractivity contribution in [1.29, 1.82) is 0 Å². The van der Waals surface area contributed by atoms with Gasteiger partial charge in [-0.05, 0) is 65.7 Å². The van der Waals surface area contributed by atoms with Crippen molar-refractivity contribution in [3.05, 3.63) is 90.0 Å². The Morgan fingerprint density at radius 2 is 1.76 bits per heavy atom. The number of halogens is 4. The first-order chi connectivity index (χ1) is 18.1. The summed E-state index contributed by atoms with van der Waals surface area (Å²) in [5, 5.41) is 11.7. The van der Waals surface area contributed by atoms with Crippen molar-refractivity contribution >= 4 is 29.2 Å². The SMILES string of the molecule is CC(C)c1ccc(F)cc1NC(=S)NN=Cc1ccc(-c2ncn(-c3ccc(OC(F)(F)F)cc3)n2)cc1. The zero-order valence-corrected chi connectivity index (χ0v) is 21.0. The summed E-state index contributed by atoms with van der Waals surface area (Å²) in [4.78, 5) is 4.27. The van der Waals surface area contributed by atoms with E-state index in [1.165, 1.54) is 47.4 Å². The van der Waals surface area contributed by atoms with Crippen LogP contribution in [0.1, 0.15) is 30.9 Å². The third kappa shape index (κ3) is 7.13. The van der Waals surface area contributed by atoms with E-state index in [1.807, 2.05) is 26.0 Å². The summed E-state index contributed by atoms with van der Waals surface area (Å²) in [5.74, 6) is -0.0684. The Morgan fingerprint density at radius 1 is 1.05 bits per heavy atom. The van der Waals surface area contributed by atoms with Crippen LogP contribution in [-0.4, -0.2) is 32.5 Å². The predicted octanol–water partition coefficient (Wildman–Crippen LogP) is 6.42. The summed E-state index contributed by atoms with van der Waals surface area (Å²) in [5.41, 5.74) is 6.26. The number of hydrogen-bond acceptors (Lipinski definition) is 5. The first-order valence-electron chi connectivity index (χ1n) is 11.4. The minimum absolute atomic E-state index is 0.183. The van der Waals surface area contributed by atoms with Crippen molar-refractivity contribution in [3.8, 4) is 22.8 Å². The molecule has 0 amide bonds. The molecule has 0 aliphatic carbocycles. The zero-order chi connectivity index (χ0) is 27.3. The minimum atomic E-state index is -4.75. The second-order valence-corrected chi connectivity index (χ2v) is 8.80. The molecule has 1 aromatic heterocycles. The van der Waals surface area contributed by atoms with Gasteiger partial charge in [0.2, 0.25) is 0 Å². The standard InChI is InChI=1S/C26H22F4N6OS/c1-16(2)22-12-7-19(27)13-23(22)33-25(38)34-32-14-17-3-5-18(6-4-17)24-31-15-36(35-24)20-8-10-21(11-9-20)37-26(28,29)30/h3-16H,1-2H3,(H2,33,34,38). The highest BCUT2D eigenvalue weighted by atomic mass is 32.1. The smallest absolute Gasteiger partial charge is 0.406 e. The van der Waals surface area contributed by atoms with E-state index < -0.39 is 6.36 Å². The molecule has 4 rings (SSSR count). The van der Waals surface area contributed by atoms with Gasteiger partial charge in [0.1, 0.15) is 17.9 Å². The number of anilines is 1. The molecule has 0 aliphatic heterocycles. The predicted molar refractivity (Wildman–Crippen MR) is 141 cm³/mol. The molecule has 0 saturated heterocycles. The first-order valence-corrected chi connectivity index (χ1v) is 11.8. The number of alkyl halides is 3. The lowest BCUT2D eigenvalue weighted by Crippen LogP contribution is -2.24. The summed E-state index contributed by atoms with van der Waals surface area (Å²) in [6, 6.07) is 17.0. The highest BCUT2D eigenvalue weighted by Gasteiger charge is 2.31. The monoisotopic (exact) mass is 542 g/mol. The largest absolute Gasteiger partial charge is 0.573 e. The number of rotatable bonds is 7. The molecule has 0 radical (unpaired) electrons. The number of nitrogens with one attached hydrogen (secondary N) is 2. The minimum Gasteiger partial charge on any atom is -0.406 e. The van der Waals surface area contributed by atoms with Crippen molar-refractivity contribution in [3.63, 3.8) is 0 Å². The molecule has 12 heteroatoms. The topological polar surface area (TPSA) is 76.4 Å². The van der Waals surface area contributed by atoms with Gasteiger partial charge in [0.15, 0.2) is 10.9 Å². The van der Waals surface area contributed by atoms with Crippen molar-refractivity contribution in [2.45, 2.75) is 26.1 Å². The Morgan fingerprint density at radius 3 is 2.42 bits per heavy atom. The average molecular weight is 543 g/mol. The number of benzene rings is 3. The lowest BCUT2D eigenvalue weighted by molar-refractivity contribution is -0.274. The first kappa shape index (κ1) is 26.7. The Kier molecular flexibility index (Phi) is 8.01. The molecular formula is C26H22F4N6OS. The average Bonchev–Trinajstić information content (AvgIpc) is 3.34. The van der Waals surface area contributed by atoms with E-state index in [1.54, 1.807) is 24.4 Å². The van der Waals surface area contributed by atoms with Crippen LogP contribution < -0.4 is 15.5 Å². The Labute approximate surface area is 221 Å². The van der Waals surface area contributed by atoms with Crippen LogP contribution in [0.2, 0.25) is 0 Å². The number of ether oxygens (including phenoxy) is 1. The molecule has 0 unspecified atom stereocenters. The molecule has 0 saturated carbocycles. The third-order valence-corrected chi connectivity index (χ3v) is 5.45. The van der Waals surface area contributed by atoms with Gasteiger partial charge in [-0.1, -0.05) is 44.2 Å². The fourth-order valence-corrected chi connectivity index (χ4v) is 3.66. The van der Waals surface area contributed by atoms with E-state index in [0.717, 1.165) is 16.7 Å². The van der Waals surface area contributed by atoms with Crippen LogP contribution in [0.5, 0.6) is 5.75 Å². The van der Waals surface area contributed by atoms with Gasteiger partial charge in [-0.3, -0.25) is 5.43 Å². The number of nitrogens with zero attached hydrogens (tertiary/aromatic N) is 4. The summed E-state index contributed by atoms with van der Waals surface area (Å²) >= 11 is 5.26. The Hall–Kier alpha value is -4.32. The van der Waals surface area contributed by atoms with Gasteiger partial charge in [-0.2, -0.15) is 5.10 Å². The summed E-state index contributed by atoms with van der Waals surface area (Å²) in [7, 11) is 0. The zero-order valence-electron chi connectivity index (χ0n) is 20.2. The van der Waals surface area contributed by atoms with Crippen LogP contribution in [0, 0.1) is 5.82 Å². The van der Waals surface area contributed by atoms with E-state index in [-0.39, 0.29) is 22.6 Å².